The normalized spacial score (nSPS) is 34.4. The minimum Gasteiger partial charge on any atom is -0.350 e. The van der Waals surface area contributed by atoms with Crippen LogP contribution in [0.15, 0.2) is 24.3 Å². The molecule has 0 aliphatic heterocycles. The van der Waals surface area contributed by atoms with Gasteiger partial charge in [0.2, 0.25) is 5.91 Å². The highest BCUT2D eigenvalue weighted by molar-refractivity contribution is 6.42. The lowest BCUT2D eigenvalue weighted by Gasteiger charge is -2.59. The number of hydrogen-bond donors (Lipinski definition) is 1. The third kappa shape index (κ3) is 3.48. The molecule has 4 aliphatic rings. The molecule has 4 aliphatic carbocycles. The van der Waals surface area contributed by atoms with E-state index < -0.39 is 0 Å². The van der Waals surface area contributed by atoms with Crippen molar-refractivity contribution >= 4 is 35.2 Å². The molecule has 0 unspecified atom stereocenters. The Balaban J connectivity index is 1.40. The highest BCUT2D eigenvalue weighted by Crippen LogP contribution is 2.61. The number of amides is 1. The van der Waals surface area contributed by atoms with E-state index in [1.54, 1.807) is 24.3 Å². The molecule has 1 aromatic carbocycles. The number of carbonyl (C=O) groups excluding carboxylic acids is 1. The number of nitrogens with one attached hydrogen (secondary N) is 1. The standard InChI is InChI=1S/C21H25Cl2NO/c1-13(21-10-15-6-16(11-21)8-17(7-15)12-21)24-20(25)5-3-14-2-4-18(22)19(23)9-14/h2-5,9,13,15-17H,6-8,10-12H2,1H3,(H,24,25)/b5-3+/t13-,15?,16?,17?,21?/m1/s1. The molecule has 1 aromatic rings. The fraction of sp³-hybridized carbons (Fsp3) is 0.571. The topological polar surface area (TPSA) is 29.1 Å². The van der Waals surface area contributed by atoms with Crippen molar-refractivity contribution in [1.82, 2.24) is 5.32 Å². The molecule has 134 valence electrons. The summed E-state index contributed by atoms with van der Waals surface area (Å²) in [5.41, 5.74) is 1.22. The summed E-state index contributed by atoms with van der Waals surface area (Å²) in [6.45, 7) is 2.21. The van der Waals surface area contributed by atoms with E-state index in [9.17, 15) is 4.79 Å². The van der Waals surface area contributed by atoms with E-state index in [1.165, 1.54) is 38.5 Å². The van der Waals surface area contributed by atoms with Gasteiger partial charge in [-0.05, 0) is 92.4 Å². The van der Waals surface area contributed by atoms with Crippen LogP contribution in [-0.2, 0) is 4.79 Å². The molecule has 4 bridgehead atoms. The second kappa shape index (κ2) is 6.63. The summed E-state index contributed by atoms with van der Waals surface area (Å²) < 4.78 is 0. The molecule has 0 radical (unpaired) electrons. The summed E-state index contributed by atoms with van der Waals surface area (Å²) in [6.07, 6.45) is 11.6. The lowest BCUT2D eigenvalue weighted by Crippen LogP contribution is -2.55. The molecule has 4 saturated carbocycles. The lowest BCUT2D eigenvalue weighted by atomic mass is 9.48. The fourth-order valence-electron chi connectivity index (χ4n) is 5.91. The molecular weight excluding hydrogens is 353 g/mol. The van der Waals surface area contributed by atoms with Gasteiger partial charge in [-0.25, -0.2) is 0 Å². The first-order valence-corrected chi connectivity index (χ1v) is 10.1. The Kier molecular flexibility index (Phi) is 4.62. The third-order valence-electron chi connectivity index (χ3n) is 6.73. The van der Waals surface area contributed by atoms with Gasteiger partial charge in [-0.2, -0.15) is 0 Å². The molecular formula is C21H25Cl2NO. The maximum atomic E-state index is 12.4. The van der Waals surface area contributed by atoms with Gasteiger partial charge in [0.25, 0.3) is 0 Å². The number of halogens is 2. The number of carbonyl (C=O) groups is 1. The summed E-state index contributed by atoms with van der Waals surface area (Å²) in [6, 6.07) is 5.63. The summed E-state index contributed by atoms with van der Waals surface area (Å²) in [5.74, 6) is 2.68. The Hall–Kier alpha value is -0.990. The third-order valence-corrected chi connectivity index (χ3v) is 7.47. The van der Waals surface area contributed by atoms with Gasteiger partial charge in [-0.1, -0.05) is 29.3 Å². The van der Waals surface area contributed by atoms with Gasteiger partial charge in [0, 0.05) is 12.1 Å². The van der Waals surface area contributed by atoms with Crippen molar-refractivity contribution in [3.63, 3.8) is 0 Å². The van der Waals surface area contributed by atoms with Crippen molar-refractivity contribution in [3.05, 3.63) is 39.9 Å². The summed E-state index contributed by atoms with van der Waals surface area (Å²) >= 11 is 12.0. The zero-order valence-corrected chi connectivity index (χ0v) is 16.1. The Bertz CT molecular complexity index is 677. The van der Waals surface area contributed by atoms with Gasteiger partial charge in [0.15, 0.2) is 0 Å². The second-order valence-electron chi connectivity index (χ2n) is 8.52. The first-order chi connectivity index (χ1) is 11.9. The lowest BCUT2D eigenvalue weighted by molar-refractivity contribution is -0.121. The van der Waals surface area contributed by atoms with Crippen molar-refractivity contribution < 1.29 is 4.79 Å². The van der Waals surface area contributed by atoms with Crippen molar-refractivity contribution in [1.29, 1.82) is 0 Å². The molecule has 4 fully saturated rings. The largest absolute Gasteiger partial charge is 0.350 e. The Morgan fingerprint density at radius 3 is 2.28 bits per heavy atom. The predicted molar refractivity (Wildman–Crippen MR) is 104 cm³/mol. The van der Waals surface area contributed by atoms with Crippen molar-refractivity contribution in [2.75, 3.05) is 0 Å². The van der Waals surface area contributed by atoms with Crippen LogP contribution >= 0.6 is 23.2 Å². The number of benzene rings is 1. The summed E-state index contributed by atoms with van der Waals surface area (Å²) in [7, 11) is 0. The molecule has 0 aromatic heterocycles. The van der Waals surface area contributed by atoms with E-state index in [-0.39, 0.29) is 11.9 Å². The Morgan fingerprint density at radius 1 is 1.12 bits per heavy atom. The van der Waals surface area contributed by atoms with E-state index in [4.69, 9.17) is 23.2 Å². The quantitative estimate of drug-likeness (QED) is 0.667. The maximum Gasteiger partial charge on any atom is 0.244 e. The Morgan fingerprint density at radius 2 is 1.72 bits per heavy atom. The molecule has 1 N–H and O–H groups in total. The van der Waals surface area contributed by atoms with Crippen LogP contribution in [0.3, 0.4) is 0 Å². The van der Waals surface area contributed by atoms with Crippen molar-refractivity contribution in [2.24, 2.45) is 23.2 Å². The van der Waals surface area contributed by atoms with Gasteiger partial charge in [0.1, 0.15) is 0 Å². The Labute approximate surface area is 160 Å². The van der Waals surface area contributed by atoms with Crippen LogP contribution < -0.4 is 5.32 Å². The summed E-state index contributed by atoms with van der Waals surface area (Å²) in [5, 5.41) is 4.28. The van der Waals surface area contributed by atoms with Crippen LogP contribution in [0, 0.1) is 23.2 Å². The monoisotopic (exact) mass is 377 g/mol. The van der Waals surface area contributed by atoms with Crippen LogP contribution in [0.1, 0.15) is 51.0 Å². The SMILES string of the molecule is C[C@@H](NC(=O)/C=C/c1ccc(Cl)c(Cl)c1)C12CC3CC(CC(C3)C1)C2. The molecule has 0 heterocycles. The molecule has 2 nitrogen and oxygen atoms in total. The van der Waals surface area contributed by atoms with Crippen molar-refractivity contribution in [3.8, 4) is 0 Å². The van der Waals surface area contributed by atoms with Crippen LogP contribution in [0.2, 0.25) is 10.0 Å². The van der Waals surface area contributed by atoms with Gasteiger partial charge in [-0.15, -0.1) is 0 Å². The molecule has 1 amide bonds. The molecule has 0 spiro atoms. The van der Waals surface area contributed by atoms with Gasteiger partial charge in [0.05, 0.1) is 10.0 Å². The van der Waals surface area contributed by atoms with Crippen LogP contribution in [0.4, 0.5) is 0 Å². The van der Waals surface area contributed by atoms with E-state index in [1.807, 2.05) is 6.07 Å². The van der Waals surface area contributed by atoms with E-state index in [0.29, 0.717) is 15.5 Å². The van der Waals surface area contributed by atoms with Gasteiger partial charge < -0.3 is 5.32 Å². The maximum absolute atomic E-state index is 12.4. The zero-order valence-electron chi connectivity index (χ0n) is 14.6. The number of hydrogen-bond acceptors (Lipinski definition) is 1. The first kappa shape index (κ1) is 17.4. The smallest absolute Gasteiger partial charge is 0.244 e. The minimum absolute atomic E-state index is 0.0192. The van der Waals surface area contributed by atoms with E-state index >= 15 is 0 Å². The predicted octanol–water partition coefficient (Wildman–Crippen LogP) is 5.73. The van der Waals surface area contributed by atoms with E-state index in [2.05, 4.69) is 12.2 Å². The van der Waals surface area contributed by atoms with Crippen LogP contribution in [-0.4, -0.2) is 11.9 Å². The van der Waals surface area contributed by atoms with Gasteiger partial charge in [-0.3, -0.25) is 4.79 Å². The summed E-state index contributed by atoms with van der Waals surface area (Å²) in [4.78, 5) is 12.4. The van der Waals surface area contributed by atoms with Gasteiger partial charge >= 0.3 is 0 Å². The van der Waals surface area contributed by atoms with Crippen LogP contribution in [0.25, 0.3) is 6.08 Å². The molecule has 5 rings (SSSR count). The average Bonchev–Trinajstić information content (AvgIpc) is 2.54. The highest BCUT2D eigenvalue weighted by atomic mass is 35.5. The number of rotatable bonds is 4. The van der Waals surface area contributed by atoms with Crippen molar-refractivity contribution in [2.45, 2.75) is 51.5 Å². The first-order valence-electron chi connectivity index (χ1n) is 9.37. The van der Waals surface area contributed by atoms with Crippen LogP contribution in [0.5, 0.6) is 0 Å². The molecule has 25 heavy (non-hydrogen) atoms. The zero-order chi connectivity index (χ0) is 17.6. The highest BCUT2D eigenvalue weighted by Gasteiger charge is 2.53. The molecule has 4 heteroatoms. The van der Waals surface area contributed by atoms with E-state index in [0.717, 1.165) is 23.3 Å². The average molecular weight is 378 g/mol. The molecule has 0 saturated heterocycles. The fourth-order valence-corrected chi connectivity index (χ4v) is 6.22. The minimum atomic E-state index is -0.0192. The second-order valence-corrected chi connectivity index (χ2v) is 9.33. The molecule has 1 atom stereocenters.